The van der Waals surface area contributed by atoms with Gasteiger partial charge in [-0.25, -0.2) is 4.79 Å². The van der Waals surface area contributed by atoms with Crippen molar-refractivity contribution in [3.8, 4) is 0 Å². The van der Waals surface area contributed by atoms with Gasteiger partial charge in [-0.05, 0) is 30.2 Å². The van der Waals surface area contributed by atoms with Crippen LogP contribution in [-0.4, -0.2) is 65.5 Å². The second-order valence-corrected chi connectivity index (χ2v) is 9.60. The Morgan fingerprint density at radius 2 is 1.43 bits per heavy atom. The van der Waals surface area contributed by atoms with Crippen molar-refractivity contribution in [1.82, 2.24) is 16.0 Å². The van der Waals surface area contributed by atoms with Crippen LogP contribution in [-0.2, 0) is 25.6 Å². The fraction of sp³-hybridized carbons (Fsp3) is 0.560. The van der Waals surface area contributed by atoms with E-state index in [9.17, 15) is 24.3 Å². The zero-order chi connectivity index (χ0) is 28.1. The molecule has 12 heteroatoms. The lowest BCUT2D eigenvalue weighted by atomic mass is 10.0. The number of guanidine groups is 1. The Bertz CT molecular complexity index is 933. The summed E-state index contributed by atoms with van der Waals surface area (Å²) in [6.07, 6.45) is 0.669. The predicted molar refractivity (Wildman–Crippen MR) is 141 cm³/mol. The van der Waals surface area contributed by atoms with Crippen LogP contribution in [0.15, 0.2) is 35.3 Å². The molecule has 0 heterocycles. The molecule has 0 saturated carbocycles. The number of hydrogen-bond acceptors (Lipinski definition) is 6. The van der Waals surface area contributed by atoms with Gasteiger partial charge >= 0.3 is 5.97 Å². The van der Waals surface area contributed by atoms with Gasteiger partial charge in [0.05, 0.1) is 6.04 Å². The number of carboxylic acids is 1. The SMILES string of the molecule is CC(C)C(N)C(=O)NC(CCCN=C(N)N)C(=O)NC(Cc1ccccc1)C(=O)NC(C(=O)O)C(C)C. The predicted octanol–water partition coefficient (Wildman–Crippen LogP) is -0.539. The van der Waals surface area contributed by atoms with Crippen molar-refractivity contribution in [1.29, 1.82) is 0 Å². The molecule has 10 N–H and O–H groups in total. The third-order valence-electron chi connectivity index (χ3n) is 5.75. The van der Waals surface area contributed by atoms with E-state index < -0.39 is 47.9 Å². The van der Waals surface area contributed by atoms with E-state index in [0.29, 0.717) is 6.42 Å². The summed E-state index contributed by atoms with van der Waals surface area (Å²) < 4.78 is 0. The topological polar surface area (TPSA) is 215 Å². The van der Waals surface area contributed by atoms with E-state index in [4.69, 9.17) is 17.2 Å². The Morgan fingerprint density at radius 1 is 0.865 bits per heavy atom. The van der Waals surface area contributed by atoms with Gasteiger partial charge in [0.1, 0.15) is 18.1 Å². The average molecular weight is 520 g/mol. The summed E-state index contributed by atoms with van der Waals surface area (Å²) in [4.78, 5) is 54.6. The number of amides is 3. The number of hydrogen-bond donors (Lipinski definition) is 7. The molecule has 0 aromatic heterocycles. The van der Waals surface area contributed by atoms with E-state index in [1.807, 2.05) is 6.07 Å². The van der Waals surface area contributed by atoms with E-state index in [-0.39, 0.29) is 37.2 Å². The first kappa shape index (κ1) is 31.4. The molecule has 4 unspecified atom stereocenters. The van der Waals surface area contributed by atoms with E-state index in [1.165, 1.54) is 0 Å². The number of nitrogens with two attached hydrogens (primary N) is 3. The molecule has 0 spiro atoms. The lowest BCUT2D eigenvalue weighted by Gasteiger charge is -2.26. The minimum atomic E-state index is -1.18. The van der Waals surface area contributed by atoms with Crippen LogP contribution in [0.3, 0.4) is 0 Å². The molecule has 0 aliphatic heterocycles. The average Bonchev–Trinajstić information content (AvgIpc) is 2.82. The molecular formula is C25H41N7O5. The first-order valence-corrected chi connectivity index (χ1v) is 12.3. The van der Waals surface area contributed by atoms with E-state index in [0.717, 1.165) is 5.56 Å². The highest BCUT2D eigenvalue weighted by molar-refractivity contribution is 5.94. The molecule has 206 valence electrons. The van der Waals surface area contributed by atoms with Gasteiger partial charge in [0.15, 0.2) is 5.96 Å². The standard InChI is InChI=1S/C25H41N7O5/c1-14(2)19(26)23(35)30-17(11-8-12-29-25(27)28)21(33)31-18(13-16-9-6-5-7-10-16)22(34)32-20(15(3)4)24(36)37/h5-7,9-10,14-15,17-20H,8,11-13,26H2,1-4H3,(H,30,35)(H,31,33)(H,32,34)(H,36,37)(H4,27,28,29). The van der Waals surface area contributed by atoms with Crippen molar-refractivity contribution < 1.29 is 24.3 Å². The summed E-state index contributed by atoms with van der Waals surface area (Å²) in [6.45, 7) is 7.15. The molecule has 3 amide bonds. The molecule has 0 saturated heterocycles. The van der Waals surface area contributed by atoms with Crippen molar-refractivity contribution in [2.75, 3.05) is 6.54 Å². The van der Waals surface area contributed by atoms with Crippen molar-refractivity contribution in [3.05, 3.63) is 35.9 Å². The monoisotopic (exact) mass is 519 g/mol. The second-order valence-electron chi connectivity index (χ2n) is 9.60. The number of aliphatic carboxylic acids is 1. The maximum atomic E-state index is 13.3. The van der Waals surface area contributed by atoms with Gasteiger partial charge in [-0.15, -0.1) is 0 Å². The molecule has 4 atom stereocenters. The van der Waals surface area contributed by atoms with Gasteiger partial charge in [-0.3, -0.25) is 19.4 Å². The minimum absolute atomic E-state index is 0.0930. The number of aliphatic imine (C=N–C) groups is 1. The molecule has 0 bridgehead atoms. The number of carboxylic acid groups (broad SMARTS) is 1. The van der Waals surface area contributed by atoms with Gasteiger partial charge < -0.3 is 38.3 Å². The molecule has 37 heavy (non-hydrogen) atoms. The van der Waals surface area contributed by atoms with Crippen LogP contribution in [0.4, 0.5) is 0 Å². The zero-order valence-electron chi connectivity index (χ0n) is 21.9. The quantitative estimate of drug-likeness (QED) is 0.0905. The van der Waals surface area contributed by atoms with Crippen LogP contribution in [0.5, 0.6) is 0 Å². The fourth-order valence-electron chi connectivity index (χ4n) is 3.44. The van der Waals surface area contributed by atoms with Gasteiger partial charge in [0.25, 0.3) is 0 Å². The Kier molecular flexibility index (Phi) is 13.1. The molecule has 1 aromatic rings. The highest BCUT2D eigenvalue weighted by atomic mass is 16.4. The maximum Gasteiger partial charge on any atom is 0.326 e. The van der Waals surface area contributed by atoms with Crippen LogP contribution in [0.25, 0.3) is 0 Å². The van der Waals surface area contributed by atoms with E-state index in [2.05, 4.69) is 20.9 Å². The van der Waals surface area contributed by atoms with Gasteiger partial charge in [0.2, 0.25) is 17.7 Å². The van der Waals surface area contributed by atoms with Crippen LogP contribution in [0.1, 0.15) is 46.1 Å². The summed E-state index contributed by atoms with van der Waals surface area (Å²) >= 11 is 0. The number of nitrogens with one attached hydrogen (secondary N) is 3. The van der Waals surface area contributed by atoms with Crippen LogP contribution < -0.4 is 33.2 Å². The molecule has 12 nitrogen and oxygen atoms in total. The molecule has 0 fully saturated rings. The number of carbonyl (C=O) groups is 4. The van der Waals surface area contributed by atoms with Crippen molar-refractivity contribution in [3.63, 3.8) is 0 Å². The first-order chi connectivity index (χ1) is 17.3. The Labute approximate surface area is 217 Å². The molecule has 1 aromatic carbocycles. The van der Waals surface area contributed by atoms with Gasteiger partial charge in [0, 0.05) is 13.0 Å². The number of benzene rings is 1. The van der Waals surface area contributed by atoms with Gasteiger partial charge in [-0.2, -0.15) is 0 Å². The van der Waals surface area contributed by atoms with Gasteiger partial charge in [-0.1, -0.05) is 58.0 Å². The third-order valence-corrected chi connectivity index (χ3v) is 5.75. The Balaban J connectivity index is 3.15. The Morgan fingerprint density at radius 3 is 1.95 bits per heavy atom. The minimum Gasteiger partial charge on any atom is -0.480 e. The number of rotatable bonds is 15. The Hall–Kier alpha value is -3.67. The molecular weight excluding hydrogens is 478 g/mol. The van der Waals surface area contributed by atoms with Crippen molar-refractivity contribution >= 4 is 29.7 Å². The van der Waals surface area contributed by atoms with Crippen molar-refractivity contribution in [2.24, 2.45) is 34.0 Å². The van der Waals surface area contributed by atoms with E-state index in [1.54, 1.807) is 52.0 Å². The van der Waals surface area contributed by atoms with Crippen molar-refractivity contribution in [2.45, 2.75) is 71.1 Å². The molecule has 1 rings (SSSR count). The summed E-state index contributed by atoms with van der Waals surface area (Å²) in [5.74, 6) is -3.58. The molecule has 0 aliphatic carbocycles. The summed E-state index contributed by atoms with van der Waals surface area (Å²) in [5.41, 5.74) is 17.4. The molecule has 0 aliphatic rings. The third kappa shape index (κ3) is 11.3. The molecule has 0 radical (unpaired) electrons. The highest BCUT2D eigenvalue weighted by Gasteiger charge is 2.31. The van der Waals surface area contributed by atoms with Crippen LogP contribution in [0.2, 0.25) is 0 Å². The normalized spacial score (nSPS) is 14.2. The number of carbonyl (C=O) groups excluding carboxylic acids is 3. The maximum absolute atomic E-state index is 13.3. The highest BCUT2D eigenvalue weighted by Crippen LogP contribution is 2.09. The van der Waals surface area contributed by atoms with E-state index >= 15 is 0 Å². The summed E-state index contributed by atoms with van der Waals surface area (Å²) in [7, 11) is 0. The lowest BCUT2D eigenvalue weighted by molar-refractivity contribution is -0.143. The smallest absolute Gasteiger partial charge is 0.326 e. The largest absolute Gasteiger partial charge is 0.480 e. The fourth-order valence-corrected chi connectivity index (χ4v) is 3.44. The van der Waals surface area contributed by atoms with Crippen LogP contribution >= 0.6 is 0 Å². The zero-order valence-corrected chi connectivity index (χ0v) is 21.9. The second kappa shape index (κ2) is 15.4. The number of nitrogens with zero attached hydrogens (tertiary/aromatic N) is 1. The summed E-state index contributed by atoms with van der Waals surface area (Å²) in [5, 5.41) is 17.4. The first-order valence-electron chi connectivity index (χ1n) is 12.3. The lowest BCUT2D eigenvalue weighted by Crippen LogP contribution is -2.58. The summed E-state index contributed by atoms with van der Waals surface area (Å²) in [6, 6.07) is 4.90. The van der Waals surface area contributed by atoms with Crippen LogP contribution in [0, 0.1) is 11.8 Å².